The summed E-state index contributed by atoms with van der Waals surface area (Å²) in [6, 6.07) is 3.62. The number of aromatic amines is 1. The molecule has 6 nitrogen and oxygen atoms in total. The molecule has 2 atom stereocenters. The molecule has 0 unspecified atom stereocenters. The summed E-state index contributed by atoms with van der Waals surface area (Å²) < 4.78 is 0. The highest BCUT2D eigenvalue weighted by molar-refractivity contribution is 8.00. The van der Waals surface area contributed by atoms with Gasteiger partial charge in [0.25, 0.3) is 5.56 Å². The Balaban J connectivity index is 2.83. The number of hydrogen-bond donors (Lipinski definition) is 2. The third kappa shape index (κ3) is 5.39. The van der Waals surface area contributed by atoms with E-state index < -0.39 is 10.8 Å². The lowest BCUT2D eigenvalue weighted by Gasteiger charge is -2.28. The number of nitriles is 1. The fourth-order valence-electron chi connectivity index (χ4n) is 1.80. The van der Waals surface area contributed by atoms with Crippen molar-refractivity contribution >= 4 is 17.7 Å². The van der Waals surface area contributed by atoms with Gasteiger partial charge in [-0.2, -0.15) is 5.26 Å². The first-order chi connectivity index (χ1) is 10.7. The van der Waals surface area contributed by atoms with Gasteiger partial charge in [0.05, 0.1) is 11.3 Å². The van der Waals surface area contributed by atoms with E-state index in [1.165, 1.54) is 17.8 Å². The number of carbonyl (C=O) groups is 1. The maximum Gasteiger partial charge on any atom is 0.251 e. The summed E-state index contributed by atoms with van der Waals surface area (Å²) in [5, 5.41) is 12.0. The van der Waals surface area contributed by atoms with Gasteiger partial charge in [-0.3, -0.25) is 9.59 Å². The van der Waals surface area contributed by atoms with Gasteiger partial charge in [-0.05, 0) is 26.2 Å². The van der Waals surface area contributed by atoms with Gasteiger partial charge in [-0.15, -0.1) is 0 Å². The number of nitrogens with zero attached hydrogens (tertiary/aromatic N) is 2. The second-order valence-corrected chi connectivity index (χ2v) is 7.34. The minimum absolute atomic E-state index is 0.0144. The Bertz CT molecular complexity index is 650. The molecule has 0 saturated heterocycles. The Kier molecular flexibility index (Phi) is 6.82. The number of H-pyrrole nitrogens is 1. The van der Waals surface area contributed by atoms with Crippen molar-refractivity contribution in [1.82, 2.24) is 15.3 Å². The lowest BCUT2D eigenvalue weighted by Crippen LogP contribution is -2.51. The average Bonchev–Trinajstić information content (AvgIpc) is 2.46. The number of thioether (sulfide) groups is 1. The van der Waals surface area contributed by atoms with Crippen molar-refractivity contribution in [3.63, 3.8) is 0 Å². The monoisotopic (exact) mass is 336 g/mol. The van der Waals surface area contributed by atoms with Crippen molar-refractivity contribution in [3.8, 4) is 6.07 Å². The molecule has 0 saturated carbocycles. The number of hydrogen-bond acceptors (Lipinski definition) is 5. The summed E-state index contributed by atoms with van der Waals surface area (Å²) in [6.45, 7) is 9.21. The lowest BCUT2D eigenvalue weighted by atomic mass is 9.90. The zero-order valence-electron chi connectivity index (χ0n) is 14.3. The highest BCUT2D eigenvalue weighted by Gasteiger charge is 2.32. The quantitative estimate of drug-likeness (QED) is 0.588. The molecule has 1 aromatic heterocycles. The van der Waals surface area contributed by atoms with Gasteiger partial charge in [0.1, 0.15) is 5.54 Å². The normalized spacial score (nSPS) is 14.8. The van der Waals surface area contributed by atoms with Crippen LogP contribution in [0.1, 0.15) is 46.7 Å². The summed E-state index contributed by atoms with van der Waals surface area (Å²) in [4.78, 5) is 31.0. The Morgan fingerprint density at radius 3 is 2.70 bits per heavy atom. The van der Waals surface area contributed by atoms with Crippen LogP contribution < -0.4 is 10.9 Å². The van der Waals surface area contributed by atoms with Crippen molar-refractivity contribution in [2.75, 3.05) is 0 Å². The van der Waals surface area contributed by atoms with Crippen LogP contribution in [0.5, 0.6) is 0 Å². The van der Waals surface area contributed by atoms with Crippen LogP contribution in [-0.2, 0) is 11.2 Å². The van der Waals surface area contributed by atoms with Crippen LogP contribution in [-0.4, -0.2) is 26.7 Å². The van der Waals surface area contributed by atoms with Crippen molar-refractivity contribution in [3.05, 3.63) is 22.1 Å². The first-order valence-electron chi connectivity index (χ1n) is 7.72. The van der Waals surface area contributed by atoms with Gasteiger partial charge in [0.15, 0.2) is 5.16 Å². The van der Waals surface area contributed by atoms with Crippen molar-refractivity contribution in [1.29, 1.82) is 5.26 Å². The molecule has 0 radical (unpaired) electrons. The van der Waals surface area contributed by atoms with Gasteiger partial charge in [-0.25, -0.2) is 4.98 Å². The van der Waals surface area contributed by atoms with E-state index in [1.54, 1.807) is 13.8 Å². The van der Waals surface area contributed by atoms with Crippen molar-refractivity contribution in [2.45, 2.75) is 63.4 Å². The summed E-state index contributed by atoms with van der Waals surface area (Å²) in [5.41, 5.74) is -0.422. The number of nitrogens with one attached hydrogen (secondary N) is 2. The highest BCUT2D eigenvalue weighted by Crippen LogP contribution is 2.21. The van der Waals surface area contributed by atoms with E-state index in [2.05, 4.69) is 21.4 Å². The molecule has 1 heterocycles. The van der Waals surface area contributed by atoms with Crippen LogP contribution in [0.3, 0.4) is 0 Å². The third-order valence-corrected chi connectivity index (χ3v) is 4.69. The molecule has 0 fully saturated rings. The molecule has 0 aliphatic carbocycles. The van der Waals surface area contributed by atoms with Crippen LogP contribution in [0.25, 0.3) is 0 Å². The number of carbonyl (C=O) groups excluding carboxylic acids is 1. The number of aryl methyl sites for hydroxylation is 1. The number of rotatable bonds is 7. The van der Waals surface area contributed by atoms with Gasteiger partial charge in [-0.1, -0.05) is 39.0 Å². The van der Waals surface area contributed by atoms with Crippen molar-refractivity contribution < 1.29 is 4.79 Å². The molecule has 0 aliphatic heterocycles. The third-order valence-electron chi connectivity index (χ3n) is 3.71. The van der Waals surface area contributed by atoms with Crippen molar-refractivity contribution in [2.24, 2.45) is 5.92 Å². The van der Waals surface area contributed by atoms with E-state index in [0.717, 1.165) is 18.5 Å². The van der Waals surface area contributed by atoms with Crippen LogP contribution in [0, 0.1) is 17.2 Å². The van der Waals surface area contributed by atoms with Crippen LogP contribution in [0.15, 0.2) is 16.0 Å². The zero-order chi connectivity index (χ0) is 17.6. The molecule has 2 N–H and O–H groups in total. The average molecular weight is 336 g/mol. The molecular formula is C16H24N4O2S. The SMILES string of the molecule is CCCc1cc(=O)[nH]c(S[C@@H](C)C(=O)N[C@@](C)(C#N)C(C)C)n1. The van der Waals surface area contributed by atoms with E-state index >= 15 is 0 Å². The second kappa shape index (κ2) is 8.16. The first-order valence-corrected chi connectivity index (χ1v) is 8.60. The molecule has 0 aromatic carbocycles. The summed E-state index contributed by atoms with van der Waals surface area (Å²) >= 11 is 1.18. The maximum atomic E-state index is 12.3. The molecule has 0 aliphatic rings. The molecule has 1 amide bonds. The summed E-state index contributed by atoms with van der Waals surface area (Å²) in [7, 11) is 0. The molecule has 0 spiro atoms. The molecular weight excluding hydrogens is 312 g/mol. The van der Waals surface area contributed by atoms with E-state index in [9.17, 15) is 14.9 Å². The predicted molar refractivity (Wildman–Crippen MR) is 91.2 cm³/mol. The van der Waals surface area contributed by atoms with Gasteiger partial charge >= 0.3 is 0 Å². The van der Waals surface area contributed by atoms with E-state index in [1.807, 2.05) is 20.8 Å². The summed E-state index contributed by atoms with van der Waals surface area (Å²) in [5.74, 6) is -0.268. The minimum atomic E-state index is -0.920. The Morgan fingerprint density at radius 1 is 1.52 bits per heavy atom. The largest absolute Gasteiger partial charge is 0.337 e. The number of amides is 1. The standard InChI is InChI=1S/C16H24N4O2S/c1-6-7-12-8-13(21)19-15(18-12)23-11(4)14(22)20-16(5,9-17)10(2)3/h8,10-11H,6-7H2,1-5H3,(H,20,22)(H,18,19,21)/t11-,16-/m0/s1. The van der Waals surface area contributed by atoms with Crippen LogP contribution in [0.2, 0.25) is 0 Å². The smallest absolute Gasteiger partial charge is 0.251 e. The highest BCUT2D eigenvalue weighted by atomic mass is 32.2. The summed E-state index contributed by atoms with van der Waals surface area (Å²) in [6.07, 6.45) is 1.61. The van der Waals surface area contributed by atoms with E-state index in [0.29, 0.717) is 5.16 Å². The van der Waals surface area contributed by atoms with E-state index in [-0.39, 0.29) is 17.4 Å². The molecule has 23 heavy (non-hydrogen) atoms. The van der Waals surface area contributed by atoms with Crippen LogP contribution in [0.4, 0.5) is 0 Å². The Hall–Kier alpha value is -1.81. The fraction of sp³-hybridized carbons (Fsp3) is 0.625. The minimum Gasteiger partial charge on any atom is -0.337 e. The van der Waals surface area contributed by atoms with E-state index in [4.69, 9.17) is 0 Å². The van der Waals surface area contributed by atoms with Gasteiger partial charge in [0, 0.05) is 11.8 Å². The second-order valence-electron chi connectivity index (χ2n) is 6.01. The fourth-order valence-corrected chi connectivity index (χ4v) is 2.63. The Morgan fingerprint density at radius 2 is 2.17 bits per heavy atom. The molecule has 7 heteroatoms. The predicted octanol–water partition coefficient (Wildman–Crippen LogP) is 2.26. The number of aromatic nitrogens is 2. The topological polar surface area (TPSA) is 98.6 Å². The van der Waals surface area contributed by atoms with Gasteiger partial charge < -0.3 is 10.3 Å². The van der Waals surface area contributed by atoms with Gasteiger partial charge in [0.2, 0.25) is 5.91 Å². The zero-order valence-corrected chi connectivity index (χ0v) is 15.1. The molecule has 126 valence electrons. The van der Waals surface area contributed by atoms with Crippen LogP contribution >= 0.6 is 11.8 Å². The molecule has 1 rings (SSSR count). The molecule has 1 aromatic rings. The Labute approximate surface area is 141 Å². The molecule has 0 bridgehead atoms. The lowest BCUT2D eigenvalue weighted by molar-refractivity contribution is -0.121. The maximum absolute atomic E-state index is 12.3. The first kappa shape index (κ1) is 19.2.